The molecule has 1 aromatic carbocycles. The minimum absolute atomic E-state index is 0.0218. The molecular weight excluding hydrogens is 212 g/mol. The third kappa shape index (κ3) is 3.58. The van der Waals surface area contributed by atoms with E-state index < -0.39 is 11.4 Å². The van der Waals surface area contributed by atoms with Gasteiger partial charge < -0.3 is 5.11 Å². The van der Waals surface area contributed by atoms with E-state index in [9.17, 15) is 4.79 Å². The van der Waals surface area contributed by atoms with Crippen LogP contribution in [0.1, 0.15) is 46.1 Å². The molecule has 94 valence electrons. The van der Waals surface area contributed by atoms with Gasteiger partial charge in [0.1, 0.15) is 0 Å². The third-order valence-electron chi connectivity index (χ3n) is 3.51. The van der Waals surface area contributed by atoms with Crippen molar-refractivity contribution in [2.24, 2.45) is 5.41 Å². The number of hydrogen-bond acceptors (Lipinski definition) is 1. The van der Waals surface area contributed by atoms with Crippen LogP contribution >= 0.6 is 0 Å². The van der Waals surface area contributed by atoms with Crippen LogP contribution in [0.15, 0.2) is 30.3 Å². The van der Waals surface area contributed by atoms with Crippen molar-refractivity contribution in [3.8, 4) is 0 Å². The van der Waals surface area contributed by atoms with Gasteiger partial charge in [-0.2, -0.15) is 0 Å². The Kier molecular flexibility index (Phi) is 3.97. The molecule has 0 atom stereocenters. The average Bonchev–Trinajstić information content (AvgIpc) is 2.28. The number of carboxylic acids is 1. The maximum absolute atomic E-state index is 11.1. The van der Waals surface area contributed by atoms with Crippen molar-refractivity contribution in [1.29, 1.82) is 0 Å². The molecule has 1 rings (SSSR count). The Bertz CT molecular complexity index is 377. The van der Waals surface area contributed by atoms with Crippen molar-refractivity contribution >= 4 is 5.97 Å². The van der Waals surface area contributed by atoms with Crippen LogP contribution in [0, 0.1) is 5.41 Å². The van der Waals surface area contributed by atoms with Crippen LogP contribution in [0.5, 0.6) is 0 Å². The van der Waals surface area contributed by atoms with Gasteiger partial charge in [0.25, 0.3) is 0 Å². The lowest BCUT2D eigenvalue weighted by Gasteiger charge is -2.29. The van der Waals surface area contributed by atoms with E-state index in [0.29, 0.717) is 6.42 Å². The Balaban J connectivity index is 2.72. The lowest BCUT2D eigenvalue weighted by atomic mass is 9.75. The van der Waals surface area contributed by atoms with Gasteiger partial charge in [-0.3, -0.25) is 4.79 Å². The SMILES string of the molecule is CC(C)(CCC(C)(C)c1ccccc1)C(=O)O. The Morgan fingerprint density at radius 1 is 1.06 bits per heavy atom. The second-order valence-electron chi connectivity index (χ2n) is 5.94. The highest BCUT2D eigenvalue weighted by Crippen LogP contribution is 2.33. The van der Waals surface area contributed by atoms with E-state index in [1.807, 2.05) is 18.2 Å². The maximum Gasteiger partial charge on any atom is 0.309 e. The monoisotopic (exact) mass is 234 g/mol. The second kappa shape index (κ2) is 4.91. The fourth-order valence-corrected chi connectivity index (χ4v) is 1.77. The molecule has 0 aromatic heterocycles. The summed E-state index contributed by atoms with van der Waals surface area (Å²) >= 11 is 0. The Hall–Kier alpha value is -1.31. The van der Waals surface area contributed by atoms with Gasteiger partial charge >= 0.3 is 5.97 Å². The van der Waals surface area contributed by atoms with Gasteiger partial charge in [0.05, 0.1) is 5.41 Å². The summed E-state index contributed by atoms with van der Waals surface area (Å²) in [6, 6.07) is 10.3. The molecule has 1 N–H and O–H groups in total. The fraction of sp³-hybridized carbons (Fsp3) is 0.533. The van der Waals surface area contributed by atoms with E-state index >= 15 is 0 Å². The van der Waals surface area contributed by atoms with E-state index in [-0.39, 0.29) is 5.41 Å². The van der Waals surface area contributed by atoms with Crippen molar-refractivity contribution in [3.05, 3.63) is 35.9 Å². The molecule has 0 saturated heterocycles. The molecule has 0 radical (unpaired) electrons. The highest BCUT2D eigenvalue weighted by Gasteiger charge is 2.30. The number of rotatable bonds is 5. The van der Waals surface area contributed by atoms with Gasteiger partial charge in [0.15, 0.2) is 0 Å². The molecule has 0 aliphatic rings. The van der Waals surface area contributed by atoms with Gasteiger partial charge in [0, 0.05) is 0 Å². The standard InChI is InChI=1S/C15H22O2/c1-14(2,12-8-6-5-7-9-12)10-11-15(3,4)13(16)17/h5-9H,10-11H2,1-4H3,(H,16,17). The van der Waals surface area contributed by atoms with E-state index in [1.165, 1.54) is 5.56 Å². The van der Waals surface area contributed by atoms with E-state index in [2.05, 4.69) is 26.0 Å². The topological polar surface area (TPSA) is 37.3 Å². The zero-order chi connectivity index (χ0) is 13.1. The average molecular weight is 234 g/mol. The molecule has 17 heavy (non-hydrogen) atoms. The van der Waals surface area contributed by atoms with Crippen LogP contribution in [-0.2, 0) is 10.2 Å². The van der Waals surface area contributed by atoms with Crippen molar-refractivity contribution < 1.29 is 9.90 Å². The normalized spacial score (nSPS) is 12.5. The highest BCUT2D eigenvalue weighted by atomic mass is 16.4. The van der Waals surface area contributed by atoms with E-state index in [1.54, 1.807) is 13.8 Å². The molecule has 0 bridgehead atoms. The highest BCUT2D eigenvalue weighted by molar-refractivity contribution is 5.73. The summed E-state index contributed by atoms with van der Waals surface area (Å²) in [5.41, 5.74) is 0.640. The van der Waals surface area contributed by atoms with Gasteiger partial charge in [0.2, 0.25) is 0 Å². The predicted octanol–water partition coefficient (Wildman–Crippen LogP) is 3.86. The van der Waals surface area contributed by atoms with Crippen LogP contribution in [0.4, 0.5) is 0 Å². The summed E-state index contributed by atoms with van der Waals surface area (Å²) in [7, 11) is 0. The summed E-state index contributed by atoms with van der Waals surface area (Å²) in [5.74, 6) is -0.721. The number of hydrogen-bond donors (Lipinski definition) is 1. The van der Waals surface area contributed by atoms with Crippen LogP contribution in [0.3, 0.4) is 0 Å². The van der Waals surface area contributed by atoms with Crippen molar-refractivity contribution in [1.82, 2.24) is 0 Å². The molecule has 2 nitrogen and oxygen atoms in total. The zero-order valence-corrected chi connectivity index (χ0v) is 11.2. The molecule has 0 heterocycles. The summed E-state index contributed by atoms with van der Waals surface area (Å²) in [6.07, 6.45) is 1.56. The van der Waals surface area contributed by atoms with Crippen LogP contribution < -0.4 is 0 Å². The van der Waals surface area contributed by atoms with Gasteiger partial charge in [-0.15, -0.1) is 0 Å². The third-order valence-corrected chi connectivity index (χ3v) is 3.51. The van der Waals surface area contributed by atoms with Gasteiger partial charge in [-0.05, 0) is 37.7 Å². The molecular formula is C15H22O2. The minimum atomic E-state index is -0.721. The van der Waals surface area contributed by atoms with Crippen LogP contribution in [-0.4, -0.2) is 11.1 Å². The summed E-state index contributed by atoms with van der Waals surface area (Å²) in [5, 5.41) is 9.11. The zero-order valence-electron chi connectivity index (χ0n) is 11.2. The lowest BCUT2D eigenvalue weighted by molar-refractivity contribution is -0.147. The van der Waals surface area contributed by atoms with Crippen LogP contribution in [0.25, 0.3) is 0 Å². The molecule has 1 aromatic rings. The number of benzene rings is 1. The molecule has 0 saturated carbocycles. The Labute approximate surface area is 104 Å². The van der Waals surface area contributed by atoms with Crippen LogP contribution in [0.2, 0.25) is 0 Å². The molecule has 0 aliphatic heterocycles. The lowest BCUT2D eigenvalue weighted by Crippen LogP contribution is -2.27. The van der Waals surface area contributed by atoms with Crippen molar-refractivity contribution in [2.75, 3.05) is 0 Å². The minimum Gasteiger partial charge on any atom is -0.481 e. The first-order chi connectivity index (χ1) is 7.76. The smallest absolute Gasteiger partial charge is 0.309 e. The second-order valence-corrected chi connectivity index (χ2v) is 5.94. The molecule has 0 aliphatic carbocycles. The number of carbonyl (C=O) groups is 1. The predicted molar refractivity (Wildman–Crippen MR) is 70.1 cm³/mol. The summed E-state index contributed by atoms with van der Waals surface area (Å²) in [6.45, 7) is 7.91. The van der Waals surface area contributed by atoms with Crippen molar-refractivity contribution in [3.63, 3.8) is 0 Å². The van der Waals surface area contributed by atoms with Gasteiger partial charge in [-0.1, -0.05) is 44.2 Å². The molecule has 0 unspecified atom stereocenters. The first-order valence-electron chi connectivity index (χ1n) is 6.05. The van der Waals surface area contributed by atoms with E-state index in [4.69, 9.17) is 5.11 Å². The molecule has 0 spiro atoms. The van der Waals surface area contributed by atoms with E-state index in [0.717, 1.165) is 6.42 Å². The quantitative estimate of drug-likeness (QED) is 0.840. The van der Waals surface area contributed by atoms with Crippen molar-refractivity contribution in [2.45, 2.75) is 46.0 Å². The Morgan fingerprint density at radius 3 is 2.06 bits per heavy atom. The number of aliphatic carboxylic acids is 1. The largest absolute Gasteiger partial charge is 0.481 e. The molecule has 2 heteroatoms. The summed E-state index contributed by atoms with van der Waals surface area (Å²) in [4.78, 5) is 11.1. The Morgan fingerprint density at radius 2 is 1.59 bits per heavy atom. The van der Waals surface area contributed by atoms with Gasteiger partial charge in [-0.25, -0.2) is 0 Å². The summed E-state index contributed by atoms with van der Waals surface area (Å²) < 4.78 is 0. The molecule has 0 amide bonds. The molecule has 0 fully saturated rings. The maximum atomic E-state index is 11.1. The first-order valence-corrected chi connectivity index (χ1v) is 6.05. The fourth-order valence-electron chi connectivity index (χ4n) is 1.77. The number of carboxylic acid groups (broad SMARTS) is 1. The first kappa shape index (κ1) is 13.8.